The molecular weight excluding hydrogens is 344 g/mol. The maximum atomic E-state index is 12.0. The van der Waals surface area contributed by atoms with Crippen LogP contribution in [-0.4, -0.2) is 47.6 Å². The van der Waals surface area contributed by atoms with Crippen LogP contribution in [0.4, 0.5) is 5.82 Å². The summed E-state index contributed by atoms with van der Waals surface area (Å²) in [5, 5.41) is 12.0. The highest BCUT2D eigenvalue weighted by Crippen LogP contribution is 2.29. The molecule has 1 aromatic heterocycles. The van der Waals surface area contributed by atoms with Crippen molar-refractivity contribution >= 4 is 17.9 Å². The normalized spacial score (nSPS) is 11.8. The third-order valence-electron chi connectivity index (χ3n) is 3.27. The number of hydrogen-bond acceptors (Lipinski definition) is 8. The molecule has 0 bridgehead atoms. The van der Waals surface area contributed by atoms with Gasteiger partial charge in [0, 0.05) is 5.56 Å². The summed E-state index contributed by atoms with van der Waals surface area (Å²) in [6, 6.07) is 4.39. The van der Waals surface area contributed by atoms with Crippen LogP contribution in [0.5, 0.6) is 11.5 Å². The molecule has 1 atom stereocenters. The van der Waals surface area contributed by atoms with Crippen molar-refractivity contribution in [2.75, 3.05) is 19.5 Å². The van der Waals surface area contributed by atoms with Gasteiger partial charge in [0.05, 0.1) is 20.4 Å². The van der Waals surface area contributed by atoms with Crippen molar-refractivity contribution in [3.63, 3.8) is 0 Å². The van der Waals surface area contributed by atoms with Crippen LogP contribution in [0.25, 0.3) is 0 Å². The molecule has 0 aliphatic heterocycles. The number of H-pyrrole nitrogens is 2. The van der Waals surface area contributed by atoms with Gasteiger partial charge in [-0.1, -0.05) is 6.07 Å². The van der Waals surface area contributed by atoms with Crippen LogP contribution >= 0.6 is 0 Å². The van der Waals surface area contributed by atoms with E-state index in [0.717, 1.165) is 0 Å². The molecule has 0 aliphatic rings. The van der Waals surface area contributed by atoms with Gasteiger partial charge in [0.25, 0.3) is 11.5 Å². The van der Waals surface area contributed by atoms with E-state index >= 15 is 0 Å². The Bertz CT molecular complexity index is 919. The van der Waals surface area contributed by atoms with Crippen LogP contribution < -0.4 is 31.5 Å². The van der Waals surface area contributed by atoms with Crippen LogP contribution in [0.3, 0.4) is 0 Å². The molecule has 11 nitrogen and oxygen atoms in total. The Balaban J connectivity index is 2.03. The third-order valence-corrected chi connectivity index (χ3v) is 3.27. The summed E-state index contributed by atoms with van der Waals surface area (Å²) in [6.07, 6.45) is 1.40. The number of carbonyl (C=O) groups is 1. The number of benzene rings is 1. The molecule has 1 aromatic carbocycles. The summed E-state index contributed by atoms with van der Waals surface area (Å²) < 4.78 is 10.4. The second kappa shape index (κ2) is 8.46. The number of anilines is 1. The first-order chi connectivity index (χ1) is 12.5. The lowest BCUT2D eigenvalue weighted by Gasteiger charge is -2.11. The van der Waals surface area contributed by atoms with Crippen molar-refractivity contribution in [2.24, 2.45) is 5.10 Å². The van der Waals surface area contributed by atoms with E-state index in [4.69, 9.17) is 9.47 Å². The smallest absolute Gasteiger partial charge is 0.342 e. The average Bonchev–Trinajstić information content (AvgIpc) is 2.63. The molecule has 11 heteroatoms. The zero-order valence-corrected chi connectivity index (χ0v) is 14.3. The van der Waals surface area contributed by atoms with E-state index in [9.17, 15) is 14.4 Å². The van der Waals surface area contributed by atoms with E-state index in [1.807, 2.05) is 4.98 Å². The fourth-order valence-electron chi connectivity index (χ4n) is 1.99. The lowest BCUT2D eigenvalue weighted by Crippen LogP contribution is -2.38. The van der Waals surface area contributed by atoms with Crippen LogP contribution in [0.15, 0.2) is 32.9 Å². The van der Waals surface area contributed by atoms with Crippen LogP contribution in [0.2, 0.25) is 0 Å². The molecule has 2 aromatic rings. The van der Waals surface area contributed by atoms with Gasteiger partial charge in [-0.2, -0.15) is 5.10 Å². The molecule has 1 heterocycles. The minimum atomic E-state index is -0.834. The number of aromatic nitrogens is 3. The zero-order chi connectivity index (χ0) is 19.1. The zero-order valence-electron chi connectivity index (χ0n) is 14.3. The van der Waals surface area contributed by atoms with E-state index in [2.05, 4.69) is 26.0 Å². The van der Waals surface area contributed by atoms with Crippen molar-refractivity contribution in [2.45, 2.75) is 13.0 Å². The molecule has 2 rings (SSSR count). The predicted octanol–water partition coefficient (Wildman–Crippen LogP) is -0.574. The number of amides is 1. The standard InChI is InChI=1S/C15H18N6O5/c1-8(17-12-14(23)18-15(24)21-19-12)13(22)20-16-7-9-5-4-6-10(25-2)11(9)26-3/h4-8H,1-3H3,(H,17,19)(H,20,22)(H2,18,21,23,24). The van der Waals surface area contributed by atoms with Gasteiger partial charge in [0.1, 0.15) is 6.04 Å². The van der Waals surface area contributed by atoms with Crippen molar-refractivity contribution in [1.82, 2.24) is 20.6 Å². The number of hydrazone groups is 1. The monoisotopic (exact) mass is 362 g/mol. The van der Waals surface area contributed by atoms with Crippen molar-refractivity contribution in [3.8, 4) is 11.5 Å². The largest absolute Gasteiger partial charge is 0.493 e. The van der Waals surface area contributed by atoms with Crippen molar-refractivity contribution < 1.29 is 14.3 Å². The molecule has 4 N–H and O–H groups in total. The molecule has 1 unspecified atom stereocenters. The van der Waals surface area contributed by atoms with Crippen molar-refractivity contribution in [1.29, 1.82) is 0 Å². The summed E-state index contributed by atoms with van der Waals surface area (Å²) in [5.74, 6) is 0.297. The Morgan fingerprint density at radius 2 is 2.08 bits per heavy atom. The fourth-order valence-corrected chi connectivity index (χ4v) is 1.99. The Morgan fingerprint density at radius 3 is 2.73 bits per heavy atom. The Morgan fingerprint density at radius 1 is 1.31 bits per heavy atom. The van der Waals surface area contributed by atoms with Gasteiger partial charge in [-0.25, -0.2) is 15.3 Å². The number of nitrogens with zero attached hydrogens (tertiary/aromatic N) is 2. The summed E-state index contributed by atoms with van der Waals surface area (Å²) in [7, 11) is 3.01. The molecule has 1 amide bonds. The van der Waals surface area contributed by atoms with E-state index in [0.29, 0.717) is 17.1 Å². The Kier molecular flexibility index (Phi) is 6.09. The molecule has 26 heavy (non-hydrogen) atoms. The Hall–Kier alpha value is -3.63. The van der Waals surface area contributed by atoms with Gasteiger partial charge in [0.2, 0.25) is 5.82 Å². The second-order valence-corrected chi connectivity index (χ2v) is 5.04. The highest BCUT2D eigenvalue weighted by molar-refractivity contribution is 5.88. The van der Waals surface area contributed by atoms with Gasteiger partial charge in [-0.3, -0.25) is 14.6 Å². The van der Waals surface area contributed by atoms with Crippen molar-refractivity contribution in [3.05, 3.63) is 44.6 Å². The van der Waals surface area contributed by atoms with Gasteiger partial charge in [-0.15, -0.1) is 5.10 Å². The molecule has 0 aliphatic carbocycles. The number of aromatic amines is 2. The fraction of sp³-hybridized carbons (Fsp3) is 0.267. The molecule has 0 fully saturated rings. The van der Waals surface area contributed by atoms with E-state index in [1.165, 1.54) is 27.4 Å². The van der Waals surface area contributed by atoms with Crippen LogP contribution in [0.1, 0.15) is 12.5 Å². The SMILES string of the molecule is COc1cccc(C=NNC(=O)C(C)Nc2n[nH]c(=O)[nH]c2=O)c1OC. The van der Waals surface area contributed by atoms with Gasteiger partial charge >= 0.3 is 5.69 Å². The Labute approximate surface area is 147 Å². The lowest BCUT2D eigenvalue weighted by molar-refractivity contribution is -0.121. The summed E-state index contributed by atoms with van der Waals surface area (Å²) in [5.41, 5.74) is 1.45. The molecule has 0 saturated heterocycles. The number of rotatable bonds is 7. The minimum Gasteiger partial charge on any atom is -0.493 e. The second-order valence-electron chi connectivity index (χ2n) is 5.04. The van der Waals surface area contributed by atoms with Gasteiger partial charge in [-0.05, 0) is 19.1 Å². The molecule has 0 saturated carbocycles. The first-order valence-electron chi connectivity index (χ1n) is 7.45. The summed E-state index contributed by atoms with van der Waals surface area (Å²) in [4.78, 5) is 36.5. The number of carbonyl (C=O) groups excluding carboxylic acids is 1. The van der Waals surface area contributed by atoms with Gasteiger partial charge in [0.15, 0.2) is 11.5 Å². The van der Waals surface area contributed by atoms with E-state index < -0.39 is 23.2 Å². The summed E-state index contributed by atoms with van der Waals surface area (Å²) >= 11 is 0. The summed E-state index contributed by atoms with van der Waals surface area (Å²) in [6.45, 7) is 1.50. The first-order valence-corrected chi connectivity index (χ1v) is 7.45. The minimum absolute atomic E-state index is 0.189. The highest BCUT2D eigenvalue weighted by Gasteiger charge is 2.15. The van der Waals surface area contributed by atoms with E-state index in [-0.39, 0.29) is 5.82 Å². The molecule has 0 spiro atoms. The topological polar surface area (TPSA) is 151 Å². The van der Waals surface area contributed by atoms with Crippen LogP contribution in [-0.2, 0) is 4.79 Å². The maximum absolute atomic E-state index is 12.0. The number of methoxy groups -OCH3 is 2. The first kappa shape index (κ1) is 18.7. The lowest BCUT2D eigenvalue weighted by atomic mass is 10.2. The number of nitrogens with one attached hydrogen (secondary N) is 4. The van der Waals surface area contributed by atoms with Gasteiger partial charge < -0.3 is 14.8 Å². The maximum Gasteiger partial charge on any atom is 0.342 e. The molecule has 138 valence electrons. The number of ether oxygens (including phenoxy) is 2. The number of hydrogen-bond donors (Lipinski definition) is 4. The predicted molar refractivity (Wildman–Crippen MR) is 93.8 cm³/mol. The van der Waals surface area contributed by atoms with E-state index in [1.54, 1.807) is 18.2 Å². The molecular formula is C15H18N6O5. The third kappa shape index (κ3) is 4.47. The van der Waals surface area contributed by atoms with Crippen LogP contribution in [0, 0.1) is 0 Å². The average molecular weight is 362 g/mol. The molecule has 0 radical (unpaired) electrons. The highest BCUT2D eigenvalue weighted by atomic mass is 16.5. The number of para-hydroxylation sites is 1. The quantitative estimate of drug-likeness (QED) is 0.380.